The smallest absolute Gasteiger partial charge is 0.338 e. The molecular formula is C19H16FN3O3S. The molecule has 3 aromatic rings. The van der Waals surface area contributed by atoms with Gasteiger partial charge in [-0.3, -0.25) is 10.1 Å². The summed E-state index contributed by atoms with van der Waals surface area (Å²) < 4.78 is 18.2. The van der Waals surface area contributed by atoms with Gasteiger partial charge in [0, 0.05) is 16.6 Å². The van der Waals surface area contributed by atoms with Gasteiger partial charge in [0.1, 0.15) is 5.82 Å². The molecule has 27 heavy (non-hydrogen) atoms. The van der Waals surface area contributed by atoms with Crippen LogP contribution in [0.3, 0.4) is 0 Å². The summed E-state index contributed by atoms with van der Waals surface area (Å²) in [4.78, 5) is 28.6. The monoisotopic (exact) mass is 385 g/mol. The van der Waals surface area contributed by atoms with Gasteiger partial charge in [-0.25, -0.2) is 14.2 Å². The van der Waals surface area contributed by atoms with Crippen LogP contribution in [-0.2, 0) is 9.53 Å². The van der Waals surface area contributed by atoms with Crippen molar-refractivity contribution in [2.24, 2.45) is 0 Å². The Bertz CT molecular complexity index is 972. The van der Waals surface area contributed by atoms with Gasteiger partial charge in [-0.2, -0.15) is 0 Å². The fourth-order valence-corrected chi connectivity index (χ4v) is 2.96. The number of rotatable bonds is 5. The van der Waals surface area contributed by atoms with Crippen molar-refractivity contribution in [3.63, 3.8) is 0 Å². The van der Waals surface area contributed by atoms with E-state index < -0.39 is 18.0 Å². The van der Waals surface area contributed by atoms with Crippen LogP contribution in [0.4, 0.5) is 15.2 Å². The Morgan fingerprint density at radius 3 is 2.67 bits per heavy atom. The van der Waals surface area contributed by atoms with Crippen LogP contribution in [0.2, 0.25) is 0 Å². The van der Waals surface area contributed by atoms with E-state index in [-0.39, 0.29) is 11.4 Å². The van der Waals surface area contributed by atoms with Crippen LogP contribution in [0.15, 0.2) is 53.9 Å². The third kappa shape index (κ3) is 4.68. The average Bonchev–Trinajstić information content (AvgIpc) is 3.10. The number of aromatic nitrogens is 1. The Labute approximate surface area is 158 Å². The quantitative estimate of drug-likeness (QED) is 0.516. The molecule has 2 aromatic carbocycles. The molecule has 0 saturated heterocycles. The van der Waals surface area contributed by atoms with Crippen molar-refractivity contribution in [2.45, 2.75) is 13.0 Å². The topological polar surface area (TPSA) is 94.3 Å². The third-order valence-electron chi connectivity index (χ3n) is 3.65. The van der Waals surface area contributed by atoms with Gasteiger partial charge in [0.2, 0.25) is 0 Å². The van der Waals surface area contributed by atoms with E-state index in [9.17, 15) is 14.0 Å². The molecule has 0 spiro atoms. The Morgan fingerprint density at radius 1 is 1.22 bits per heavy atom. The van der Waals surface area contributed by atoms with Crippen LogP contribution < -0.4 is 11.1 Å². The van der Waals surface area contributed by atoms with Gasteiger partial charge in [0.15, 0.2) is 11.2 Å². The summed E-state index contributed by atoms with van der Waals surface area (Å²) >= 11 is 1.22. The van der Waals surface area contributed by atoms with Crippen LogP contribution in [0.5, 0.6) is 0 Å². The zero-order valence-electron chi connectivity index (χ0n) is 14.3. The number of halogens is 1. The minimum atomic E-state index is -1.02. The number of benzene rings is 2. The molecular weight excluding hydrogens is 369 g/mol. The van der Waals surface area contributed by atoms with Crippen molar-refractivity contribution in [1.82, 2.24) is 4.98 Å². The zero-order valence-corrected chi connectivity index (χ0v) is 15.1. The van der Waals surface area contributed by atoms with Crippen molar-refractivity contribution in [3.8, 4) is 11.3 Å². The fourth-order valence-electron chi connectivity index (χ4n) is 2.24. The fraction of sp³-hybridized carbons (Fsp3) is 0.105. The van der Waals surface area contributed by atoms with Gasteiger partial charge in [-0.05, 0) is 49.4 Å². The zero-order chi connectivity index (χ0) is 19.4. The number of nitrogens with one attached hydrogen (secondary N) is 1. The molecule has 0 fully saturated rings. The van der Waals surface area contributed by atoms with Gasteiger partial charge in [-0.15, -0.1) is 11.3 Å². The number of hydrogen-bond donors (Lipinski definition) is 2. The maximum absolute atomic E-state index is 13.0. The second-order valence-electron chi connectivity index (χ2n) is 5.71. The number of anilines is 2. The highest BCUT2D eigenvalue weighted by Crippen LogP contribution is 2.25. The van der Waals surface area contributed by atoms with Crippen molar-refractivity contribution < 1.29 is 18.7 Å². The van der Waals surface area contributed by atoms with Crippen molar-refractivity contribution in [2.75, 3.05) is 11.1 Å². The lowest BCUT2D eigenvalue weighted by Crippen LogP contribution is -2.30. The summed E-state index contributed by atoms with van der Waals surface area (Å²) in [6.45, 7) is 1.47. The van der Waals surface area contributed by atoms with Crippen molar-refractivity contribution in [3.05, 3.63) is 65.3 Å². The first-order valence-corrected chi connectivity index (χ1v) is 8.89. The van der Waals surface area contributed by atoms with Crippen LogP contribution >= 0.6 is 11.3 Å². The highest BCUT2D eigenvalue weighted by atomic mass is 32.1. The molecule has 1 atom stereocenters. The number of amides is 1. The summed E-state index contributed by atoms with van der Waals surface area (Å²) in [6, 6.07) is 12.2. The molecule has 0 bridgehead atoms. The molecule has 3 rings (SSSR count). The highest BCUT2D eigenvalue weighted by Gasteiger charge is 2.20. The van der Waals surface area contributed by atoms with Gasteiger partial charge in [-0.1, -0.05) is 6.07 Å². The molecule has 3 N–H and O–H groups in total. The molecule has 138 valence electrons. The largest absolute Gasteiger partial charge is 0.449 e. The minimum absolute atomic E-state index is 0.266. The van der Waals surface area contributed by atoms with E-state index >= 15 is 0 Å². The molecule has 8 heteroatoms. The van der Waals surface area contributed by atoms with E-state index in [0.717, 1.165) is 5.56 Å². The van der Waals surface area contributed by atoms with E-state index in [4.69, 9.17) is 10.5 Å². The molecule has 0 radical (unpaired) electrons. The molecule has 1 heterocycles. The first-order chi connectivity index (χ1) is 12.9. The second-order valence-corrected chi connectivity index (χ2v) is 6.57. The van der Waals surface area contributed by atoms with E-state index in [1.807, 2.05) is 0 Å². The predicted molar refractivity (Wildman–Crippen MR) is 102 cm³/mol. The van der Waals surface area contributed by atoms with Crippen LogP contribution in [0.25, 0.3) is 11.3 Å². The van der Waals surface area contributed by atoms with Gasteiger partial charge in [0.25, 0.3) is 5.91 Å². The Hall–Kier alpha value is -3.26. The number of esters is 1. The Balaban J connectivity index is 1.61. The lowest BCUT2D eigenvalue weighted by molar-refractivity contribution is -0.123. The van der Waals surface area contributed by atoms with E-state index in [2.05, 4.69) is 10.3 Å². The summed E-state index contributed by atoms with van der Waals surface area (Å²) in [6.07, 6.45) is -1.02. The number of hydrogen-bond acceptors (Lipinski definition) is 6. The molecule has 0 aliphatic rings. The molecule has 0 saturated carbocycles. The number of carbonyl (C=O) groups excluding carboxylic acids is 2. The second kappa shape index (κ2) is 7.96. The highest BCUT2D eigenvalue weighted by molar-refractivity contribution is 7.14. The standard InChI is InChI=1S/C19H16FN3O3S/c1-11(26-18(25)13-3-2-4-15(21)9-13)17(24)23-19-22-16(10-27-19)12-5-7-14(20)8-6-12/h2-11H,21H2,1H3,(H,22,23,24). The number of thiazole rings is 1. The predicted octanol–water partition coefficient (Wildman–Crippen LogP) is 3.72. The molecule has 1 aromatic heterocycles. The number of carbonyl (C=O) groups is 2. The average molecular weight is 385 g/mol. The van der Waals surface area contributed by atoms with Gasteiger partial charge in [0.05, 0.1) is 11.3 Å². The minimum Gasteiger partial charge on any atom is -0.449 e. The Morgan fingerprint density at radius 2 is 1.96 bits per heavy atom. The van der Waals surface area contributed by atoms with Crippen LogP contribution in [0, 0.1) is 5.82 Å². The van der Waals surface area contributed by atoms with Crippen molar-refractivity contribution in [1.29, 1.82) is 0 Å². The van der Waals surface area contributed by atoms with E-state index in [0.29, 0.717) is 16.5 Å². The normalized spacial score (nSPS) is 11.6. The summed E-state index contributed by atoms with van der Waals surface area (Å²) in [5, 5.41) is 4.70. The number of nitrogens with two attached hydrogens (primary N) is 1. The SMILES string of the molecule is CC(OC(=O)c1cccc(N)c1)C(=O)Nc1nc(-c2ccc(F)cc2)cs1. The lowest BCUT2D eigenvalue weighted by atomic mass is 10.2. The maximum Gasteiger partial charge on any atom is 0.338 e. The molecule has 6 nitrogen and oxygen atoms in total. The molecule has 1 unspecified atom stereocenters. The first kappa shape index (κ1) is 18.5. The molecule has 0 aliphatic carbocycles. The Kier molecular flexibility index (Phi) is 5.46. The summed E-state index contributed by atoms with van der Waals surface area (Å²) in [7, 11) is 0. The summed E-state index contributed by atoms with van der Waals surface area (Å²) in [5.41, 5.74) is 7.67. The maximum atomic E-state index is 13.0. The number of nitrogen functional groups attached to an aromatic ring is 1. The van der Waals surface area contributed by atoms with Crippen molar-refractivity contribution >= 4 is 34.0 Å². The van der Waals surface area contributed by atoms with Gasteiger partial charge < -0.3 is 10.5 Å². The molecule has 0 aliphatic heterocycles. The van der Waals surface area contributed by atoms with Crippen LogP contribution in [-0.4, -0.2) is 23.0 Å². The lowest BCUT2D eigenvalue weighted by Gasteiger charge is -2.12. The van der Waals surface area contributed by atoms with E-state index in [1.54, 1.807) is 35.7 Å². The third-order valence-corrected chi connectivity index (χ3v) is 4.41. The van der Waals surface area contributed by atoms with E-state index in [1.165, 1.54) is 36.5 Å². The number of ether oxygens (including phenoxy) is 1. The van der Waals surface area contributed by atoms with Crippen LogP contribution in [0.1, 0.15) is 17.3 Å². The molecule has 1 amide bonds. The number of nitrogens with zero attached hydrogens (tertiary/aromatic N) is 1. The van der Waals surface area contributed by atoms with Gasteiger partial charge >= 0.3 is 5.97 Å². The first-order valence-electron chi connectivity index (χ1n) is 8.01. The summed E-state index contributed by atoms with van der Waals surface area (Å²) in [5.74, 6) is -1.48.